The minimum atomic E-state index is -0.405. The minimum absolute atomic E-state index is 0.118. The molecule has 0 saturated heterocycles. The highest BCUT2D eigenvalue weighted by molar-refractivity contribution is 5.72. The SMILES string of the molecule is CC1CC(C)(C)CC(C)(NC(N)=O)C1. The van der Waals surface area contributed by atoms with Crippen molar-refractivity contribution in [3.05, 3.63) is 0 Å². The standard InChI is InChI=1S/C11H22N2O/c1-8-5-10(2,3)7-11(4,6-8)13-9(12)14/h8H,5-7H2,1-4H3,(H3,12,13,14). The molecule has 3 heteroatoms. The fraction of sp³-hybridized carbons (Fsp3) is 0.909. The fourth-order valence-electron chi connectivity index (χ4n) is 3.38. The van der Waals surface area contributed by atoms with E-state index in [0.29, 0.717) is 11.3 Å². The van der Waals surface area contributed by atoms with Crippen LogP contribution in [0, 0.1) is 11.3 Å². The van der Waals surface area contributed by atoms with E-state index in [4.69, 9.17) is 5.73 Å². The van der Waals surface area contributed by atoms with Gasteiger partial charge < -0.3 is 11.1 Å². The second-order valence-electron chi connectivity index (χ2n) is 5.90. The van der Waals surface area contributed by atoms with Crippen LogP contribution in [0.4, 0.5) is 4.79 Å². The van der Waals surface area contributed by atoms with Crippen LogP contribution < -0.4 is 11.1 Å². The molecule has 1 aliphatic carbocycles. The van der Waals surface area contributed by atoms with Crippen LogP contribution in [0.2, 0.25) is 0 Å². The number of carbonyl (C=O) groups is 1. The number of carbonyl (C=O) groups excluding carboxylic acids is 1. The van der Waals surface area contributed by atoms with E-state index < -0.39 is 6.03 Å². The molecule has 2 atom stereocenters. The van der Waals surface area contributed by atoms with E-state index in [9.17, 15) is 4.79 Å². The maximum atomic E-state index is 10.9. The van der Waals surface area contributed by atoms with Crippen LogP contribution in [0.25, 0.3) is 0 Å². The number of hydrogen-bond acceptors (Lipinski definition) is 1. The highest BCUT2D eigenvalue weighted by Gasteiger charge is 2.40. The largest absolute Gasteiger partial charge is 0.352 e. The first-order valence-electron chi connectivity index (χ1n) is 5.30. The van der Waals surface area contributed by atoms with Crippen LogP contribution in [0.15, 0.2) is 0 Å². The lowest BCUT2D eigenvalue weighted by molar-refractivity contribution is 0.0996. The van der Waals surface area contributed by atoms with E-state index in [1.165, 1.54) is 6.42 Å². The second-order valence-corrected chi connectivity index (χ2v) is 5.90. The Balaban J connectivity index is 2.73. The summed E-state index contributed by atoms with van der Waals surface area (Å²) in [6.45, 7) is 8.84. The number of nitrogens with one attached hydrogen (secondary N) is 1. The van der Waals surface area contributed by atoms with Gasteiger partial charge in [0, 0.05) is 5.54 Å². The molecule has 0 spiro atoms. The third-order valence-corrected chi connectivity index (χ3v) is 2.99. The highest BCUT2D eigenvalue weighted by Crippen LogP contribution is 2.43. The van der Waals surface area contributed by atoms with Crippen molar-refractivity contribution in [1.29, 1.82) is 0 Å². The van der Waals surface area contributed by atoms with Gasteiger partial charge in [-0.1, -0.05) is 20.8 Å². The lowest BCUT2D eigenvalue weighted by atomic mass is 9.65. The summed E-state index contributed by atoms with van der Waals surface area (Å²) in [6.07, 6.45) is 3.26. The molecule has 0 radical (unpaired) electrons. The van der Waals surface area contributed by atoms with Gasteiger partial charge in [0.25, 0.3) is 0 Å². The first kappa shape index (κ1) is 11.3. The van der Waals surface area contributed by atoms with Gasteiger partial charge in [0.2, 0.25) is 0 Å². The Morgan fingerprint density at radius 3 is 2.36 bits per heavy atom. The van der Waals surface area contributed by atoms with E-state index in [2.05, 4.69) is 33.0 Å². The summed E-state index contributed by atoms with van der Waals surface area (Å²) in [6, 6.07) is -0.405. The van der Waals surface area contributed by atoms with Crippen molar-refractivity contribution in [2.24, 2.45) is 17.1 Å². The zero-order chi connectivity index (χ0) is 11.0. The van der Waals surface area contributed by atoms with E-state index in [1.807, 2.05) is 0 Å². The smallest absolute Gasteiger partial charge is 0.312 e. The Bertz CT molecular complexity index is 237. The lowest BCUT2D eigenvalue weighted by Crippen LogP contribution is -2.54. The molecule has 0 aromatic rings. The van der Waals surface area contributed by atoms with Gasteiger partial charge in [-0.05, 0) is 37.5 Å². The van der Waals surface area contributed by atoms with Gasteiger partial charge in [0.15, 0.2) is 0 Å². The van der Waals surface area contributed by atoms with E-state index in [1.54, 1.807) is 0 Å². The number of urea groups is 1. The number of rotatable bonds is 1. The molecule has 0 aliphatic heterocycles. The number of primary amides is 1. The van der Waals surface area contributed by atoms with Gasteiger partial charge >= 0.3 is 6.03 Å². The average molecular weight is 198 g/mol. The average Bonchev–Trinajstić information content (AvgIpc) is 1.74. The number of nitrogens with two attached hydrogens (primary N) is 1. The van der Waals surface area contributed by atoms with E-state index in [0.717, 1.165) is 12.8 Å². The molecule has 1 rings (SSSR count). The monoisotopic (exact) mass is 198 g/mol. The molecule has 2 unspecified atom stereocenters. The molecule has 14 heavy (non-hydrogen) atoms. The summed E-state index contributed by atoms with van der Waals surface area (Å²) in [5, 5.41) is 2.88. The zero-order valence-corrected chi connectivity index (χ0v) is 9.68. The Morgan fingerprint density at radius 2 is 1.93 bits per heavy atom. The van der Waals surface area contributed by atoms with E-state index >= 15 is 0 Å². The normalized spacial score (nSPS) is 36.4. The molecule has 3 N–H and O–H groups in total. The van der Waals surface area contributed by atoms with Crippen molar-refractivity contribution in [2.75, 3.05) is 0 Å². The van der Waals surface area contributed by atoms with Crippen LogP contribution >= 0.6 is 0 Å². The summed E-state index contributed by atoms with van der Waals surface area (Å²) in [7, 11) is 0. The van der Waals surface area contributed by atoms with Gasteiger partial charge in [0.05, 0.1) is 0 Å². The predicted octanol–water partition coefficient (Wildman–Crippen LogP) is 2.26. The summed E-state index contributed by atoms with van der Waals surface area (Å²) in [4.78, 5) is 10.9. The topological polar surface area (TPSA) is 55.1 Å². The van der Waals surface area contributed by atoms with Crippen molar-refractivity contribution >= 4 is 6.03 Å². The molecule has 1 saturated carbocycles. The molecule has 1 fully saturated rings. The van der Waals surface area contributed by atoms with Gasteiger partial charge in [0.1, 0.15) is 0 Å². The maximum absolute atomic E-state index is 10.9. The highest BCUT2D eigenvalue weighted by atomic mass is 16.2. The molecule has 0 heterocycles. The quantitative estimate of drug-likeness (QED) is 0.667. The Hall–Kier alpha value is -0.730. The third-order valence-electron chi connectivity index (χ3n) is 2.99. The fourth-order valence-corrected chi connectivity index (χ4v) is 3.38. The molecule has 0 bridgehead atoms. The van der Waals surface area contributed by atoms with Crippen LogP contribution in [-0.2, 0) is 0 Å². The van der Waals surface area contributed by atoms with Crippen LogP contribution in [0.1, 0.15) is 47.0 Å². The maximum Gasteiger partial charge on any atom is 0.312 e. The van der Waals surface area contributed by atoms with Crippen molar-refractivity contribution in [3.8, 4) is 0 Å². The predicted molar refractivity (Wildman–Crippen MR) is 57.9 cm³/mol. The van der Waals surface area contributed by atoms with Gasteiger partial charge in [-0.3, -0.25) is 0 Å². The van der Waals surface area contributed by atoms with E-state index in [-0.39, 0.29) is 5.54 Å². The second kappa shape index (κ2) is 3.44. The lowest BCUT2D eigenvalue weighted by Gasteiger charge is -2.45. The molecule has 2 amide bonds. The third kappa shape index (κ3) is 2.89. The Morgan fingerprint density at radius 1 is 1.36 bits per heavy atom. The van der Waals surface area contributed by atoms with Crippen LogP contribution in [0.5, 0.6) is 0 Å². The summed E-state index contributed by atoms with van der Waals surface area (Å²) >= 11 is 0. The molecule has 0 aromatic heterocycles. The van der Waals surface area contributed by atoms with Crippen molar-refractivity contribution in [3.63, 3.8) is 0 Å². The molecular formula is C11H22N2O. The van der Waals surface area contributed by atoms with Crippen molar-refractivity contribution in [1.82, 2.24) is 5.32 Å². The van der Waals surface area contributed by atoms with Gasteiger partial charge in [-0.15, -0.1) is 0 Å². The molecule has 0 aromatic carbocycles. The summed E-state index contributed by atoms with van der Waals surface area (Å²) in [5.74, 6) is 0.649. The molecule has 1 aliphatic rings. The first-order valence-corrected chi connectivity index (χ1v) is 5.30. The van der Waals surface area contributed by atoms with Crippen LogP contribution in [0.3, 0.4) is 0 Å². The van der Waals surface area contributed by atoms with Gasteiger partial charge in [-0.2, -0.15) is 0 Å². The number of amides is 2. The molecule has 82 valence electrons. The van der Waals surface area contributed by atoms with Gasteiger partial charge in [-0.25, -0.2) is 4.79 Å². The minimum Gasteiger partial charge on any atom is -0.352 e. The first-order chi connectivity index (χ1) is 6.22. The number of hydrogen-bond donors (Lipinski definition) is 2. The van der Waals surface area contributed by atoms with Crippen LogP contribution in [-0.4, -0.2) is 11.6 Å². The van der Waals surface area contributed by atoms with Crippen molar-refractivity contribution < 1.29 is 4.79 Å². The zero-order valence-electron chi connectivity index (χ0n) is 9.68. The van der Waals surface area contributed by atoms with Crippen molar-refractivity contribution in [2.45, 2.75) is 52.5 Å². The molecule has 3 nitrogen and oxygen atoms in total. The summed E-state index contributed by atoms with van der Waals surface area (Å²) < 4.78 is 0. The Kier molecular flexibility index (Phi) is 2.79. The summed E-state index contributed by atoms with van der Waals surface area (Å²) in [5.41, 5.74) is 5.37. The molecular weight excluding hydrogens is 176 g/mol. The Labute approximate surface area is 86.4 Å².